The number of halogens is 3. The van der Waals surface area contributed by atoms with Gasteiger partial charge in [-0.2, -0.15) is 0 Å². The van der Waals surface area contributed by atoms with Crippen molar-refractivity contribution in [2.45, 2.75) is 43.8 Å². The summed E-state index contributed by atoms with van der Waals surface area (Å²) in [7, 11) is 0. The number of nitrogens with two attached hydrogens (primary N) is 1. The maximum atomic E-state index is 14.5. The summed E-state index contributed by atoms with van der Waals surface area (Å²) in [4.78, 5) is 0. The van der Waals surface area contributed by atoms with Crippen LogP contribution in [0.15, 0.2) is 18.2 Å². The molecule has 2 rings (SSSR count). The Hall–Kier alpha value is -0.670. The fourth-order valence-electron chi connectivity index (χ4n) is 2.35. The fraction of sp³-hybridized carbons (Fsp3) is 0.538. The summed E-state index contributed by atoms with van der Waals surface area (Å²) < 4.78 is 28.1. The van der Waals surface area contributed by atoms with Gasteiger partial charge in [-0.05, 0) is 37.8 Å². The topological polar surface area (TPSA) is 26.0 Å². The monoisotopic (exact) mass is 259 g/mol. The van der Waals surface area contributed by atoms with Crippen LogP contribution >= 0.6 is 11.6 Å². The maximum Gasteiger partial charge on any atom is 0.128 e. The van der Waals surface area contributed by atoms with Crippen molar-refractivity contribution < 1.29 is 8.78 Å². The van der Waals surface area contributed by atoms with E-state index in [-0.39, 0.29) is 18.0 Å². The van der Waals surface area contributed by atoms with Gasteiger partial charge in [0.25, 0.3) is 0 Å². The lowest BCUT2D eigenvalue weighted by molar-refractivity contribution is 0.0985. The molecule has 1 aromatic carbocycles. The maximum absolute atomic E-state index is 14.5. The highest BCUT2D eigenvalue weighted by atomic mass is 35.5. The third-order valence-corrected chi connectivity index (χ3v) is 3.84. The van der Waals surface area contributed by atoms with Crippen LogP contribution in [0.5, 0.6) is 0 Å². The molecule has 1 aromatic rings. The van der Waals surface area contributed by atoms with Crippen molar-refractivity contribution >= 4 is 11.6 Å². The SMILES string of the molecule is NC1CCC(F)(Cc2c(F)cccc2Cl)CC1. The Labute approximate surface area is 105 Å². The van der Waals surface area contributed by atoms with Crippen LogP contribution in [0.25, 0.3) is 0 Å². The van der Waals surface area contributed by atoms with Gasteiger partial charge in [-0.15, -0.1) is 0 Å². The minimum absolute atomic E-state index is 0.0469. The molecule has 4 heteroatoms. The Morgan fingerprint density at radius 3 is 2.59 bits per heavy atom. The predicted octanol–water partition coefficient (Wildman–Crippen LogP) is 3.63. The average molecular weight is 260 g/mol. The molecular weight excluding hydrogens is 244 g/mol. The first kappa shape index (κ1) is 12.8. The molecule has 17 heavy (non-hydrogen) atoms. The van der Waals surface area contributed by atoms with Crippen LogP contribution in [0.1, 0.15) is 31.2 Å². The predicted molar refractivity (Wildman–Crippen MR) is 65.4 cm³/mol. The van der Waals surface area contributed by atoms with Crippen molar-refractivity contribution in [1.29, 1.82) is 0 Å². The Bertz CT molecular complexity index is 380. The van der Waals surface area contributed by atoms with E-state index >= 15 is 0 Å². The fourth-order valence-corrected chi connectivity index (χ4v) is 2.58. The van der Waals surface area contributed by atoms with E-state index in [2.05, 4.69) is 0 Å². The van der Waals surface area contributed by atoms with Crippen LogP contribution in [0.3, 0.4) is 0 Å². The third-order valence-electron chi connectivity index (χ3n) is 3.48. The molecule has 1 aliphatic rings. The lowest BCUT2D eigenvalue weighted by Gasteiger charge is -2.32. The van der Waals surface area contributed by atoms with Gasteiger partial charge in [-0.25, -0.2) is 8.78 Å². The standard InChI is InChI=1S/C13H16ClF2N/c14-11-2-1-3-12(15)10(11)8-13(16)6-4-9(17)5-7-13/h1-3,9H,4-8,17H2. The van der Waals surface area contributed by atoms with Crippen LogP contribution in [0.2, 0.25) is 5.02 Å². The van der Waals surface area contributed by atoms with Gasteiger partial charge in [0.05, 0.1) is 0 Å². The van der Waals surface area contributed by atoms with E-state index in [1.807, 2.05) is 0 Å². The summed E-state index contributed by atoms with van der Waals surface area (Å²) in [6.45, 7) is 0. The van der Waals surface area contributed by atoms with Gasteiger partial charge in [0.15, 0.2) is 0 Å². The van der Waals surface area contributed by atoms with Gasteiger partial charge in [0, 0.05) is 23.0 Å². The molecule has 0 radical (unpaired) electrons. The molecule has 0 heterocycles. The summed E-state index contributed by atoms with van der Waals surface area (Å²) in [5.41, 5.74) is 4.67. The minimum Gasteiger partial charge on any atom is -0.328 e. The van der Waals surface area contributed by atoms with Gasteiger partial charge in [0.1, 0.15) is 11.5 Å². The average Bonchev–Trinajstić information content (AvgIpc) is 2.29. The Morgan fingerprint density at radius 2 is 2.00 bits per heavy atom. The number of benzene rings is 1. The van der Waals surface area contributed by atoms with Crippen LogP contribution in [0.4, 0.5) is 8.78 Å². The summed E-state index contributed by atoms with van der Waals surface area (Å²) in [5, 5.41) is 0.303. The molecule has 0 aromatic heterocycles. The van der Waals surface area contributed by atoms with E-state index in [4.69, 9.17) is 17.3 Å². The highest BCUT2D eigenvalue weighted by Crippen LogP contribution is 2.36. The summed E-state index contributed by atoms with van der Waals surface area (Å²) in [5.74, 6) is -0.426. The summed E-state index contributed by atoms with van der Waals surface area (Å²) >= 11 is 5.91. The largest absolute Gasteiger partial charge is 0.328 e. The Balaban J connectivity index is 2.15. The van der Waals surface area contributed by atoms with Crippen molar-refractivity contribution in [3.8, 4) is 0 Å². The van der Waals surface area contributed by atoms with E-state index in [1.54, 1.807) is 6.07 Å². The third kappa shape index (κ3) is 2.96. The van der Waals surface area contributed by atoms with Crippen LogP contribution < -0.4 is 5.73 Å². The molecule has 0 spiro atoms. The van der Waals surface area contributed by atoms with Crippen molar-refractivity contribution in [1.82, 2.24) is 0 Å². The smallest absolute Gasteiger partial charge is 0.128 e. The van der Waals surface area contributed by atoms with Crippen molar-refractivity contribution in [2.24, 2.45) is 5.73 Å². The Kier molecular flexibility index (Phi) is 3.69. The van der Waals surface area contributed by atoms with Gasteiger partial charge in [0.2, 0.25) is 0 Å². The van der Waals surface area contributed by atoms with Gasteiger partial charge >= 0.3 is 0 Å². The van der Waals surface area contributed by atoms with Gasteiger partial charge < -0.3 is 5.73 Å². The molecule has 0 amide bonds. The van der Waals surface area contributed by atoms with Crippen LogP contribution in [-0.4, -0.2) is 11.7 Å². The first-order valence-electron chi connectivity index (χ1n) is 5.88. The molecular formula is C13H16ClF2N. The van der Waals surface area contributed by atoms with Gasteiger partial charge in [-0.1, -0.05) is 17.7 Å². The first-order chi connectivity index (χ1) is 8.00. The molecule has 0 saturated heterocycles. The van der Waals surface area contributed by atoms with E-state index in [0.717, 1.165) is 0 Å². The number of alkyl halides is 1. The van der Waals surface area contributed by atoms with Crippen molar-refractivity contribution in [2.75, 3.05) is 0 Å². The summed E-state index contributed by atoms with van der Waals surface area (Å²) in [6.07, 6.45) is 2.13. The first-order valence-corrected chi connectivity index (χ1v) is 6.25. The minimum atomic E-state index is -1.36. The quantitative estimate of drug-likeness (QED) is 0.862. The van der Waals surface area contributed by atoms with E-state index in [1.165, 1.54) is 12.1 Å². The van der Waals surface area contributed by atoms with Crippen LogP contribution in [-0.2, 0) is 6.42 Å². The highest BCUT2D eigenvalue weighted by molar-refractivity contribution is 6.31. The molecule has 94 valence electrons. The van der Waals surface area contributed by atoms with Gasteiger partial charge in [-0.3, -0.25) is 0 Å². The molecule has 0 atom stereocenters. The molecule has 2 N–H and O–H groups in total. The molecule has 1 aliphatic carbocycles. The second-order valence-electron chi connectivity index (χ2n) is 4.87. The van der Waals surface area contributed by atoms with E-state index in [9.17, 15) is 8.78 Å². The molecule has 1 fully saturated rings. The molecule has 1 nitrogen and oxygen atoms in total. The van der Waals surface area contributed by atoms with E-state index < -0.39 is 11.5 Å². The lowest BCUT2D eigenvalue weighted by atomic mass is 9.80. The van der Waals surface area contributed by atoms with Crippen LogP contribution in [0, 0.1) is 5.82 Å². The number of hydrogen-bond acceptors (Lipinski definition) is 1. The van der Waals surface area contributed by atoms with Crippen molar-refractivity contribution in [3.63, 3.8) is 0 Å². The second kappa shape index (κ2) is 4.91. The van der Waals surface area contributed by atoms with E-state index in [0.29, 0.717) is 30.7 Å². The number of hydrogen-bond donors (Lipinski definition) is 1. The Morgan fingerprint density at radius 1 is 1.35 bits per heavy atom. The zero-order valence-corrected chi connectivity index (χ0v) is 10.3. The lowest BCUT2D eigenvalue weighted by Crippen LogP contribution is -2.37. The normalized spacial score (nSPS) is 29.3. The summed E-state index contributed by atoms with van der Waals surface area (Å²) in [6, 6.07) is 4.52. The second-order valence-corrected chi connectivity index (χ2v) is 5.27. The zero-order valence-electron chi connectivity index (χ0n) is 9.56. The molecule has 0 unspecified atom stereocenters. The molecule has 0 bridgehead atoms. The highest BCUT2D eigenvalue weighted by Gasteiger charge is 2.35. The molecule has 1 saturated carbocycles. The number of rotatable bonds is 2. The molecule has 0 aliphatic heterocycles. The zero-order chi connectivity index (χ0) is 12.5. The van der Waals surface area contributed by atoms with Crippen molar-refractivity contribution in [3.05, 3.63) is 34.6 Å².